The van der Waals surface area contributed by atoms with E-state index in [9.17, 15) is 13.6 Å². The van der Waals surface area contributed by atoms with E-state index in [2.05, 4.69) is 5.32 Å². The lowest BCUT2D eigenvalue weighted by atomic mass is 9.98. The molecule has 0 spiro atoms. The molecule has 0 aromatic heterocycles. The Bertz CT molecular complexity index is 520. The molecule has 116 valence electrons. The molecular weight excluding hydrogens is 280 g/mol. The summed E-state index contributed by atoms with van der Waals surface area (Å²) >= 11 is 0. The second-order valence-corrected chi connectivity index (χ2v) is 5.39. The molecule has 0 bridgehead atoms. The number of methoxy groups -OCH3 is 1. The van der Waals surface area contributed by atoms with E-state index in [4.69, 9.17) is 9.47 Å². The van der Waals surface area contributed by atoms with E-state index in [0.29, 0.717) is 12.5 Å². The number of carbonyl (C=O) groups excluding carboxylic acids is 1. The number of esters is 1. The average molecular weight is 299 g/mol. The summed E-state index contributed by atoms with van der Waals surface area (Å²) in [5, 5.41) is 3.21. The minimum atomic E-state index is -1.02. The predicted octanol–water partition coefficient (Wildman–Crippen LogP) is 2.42. The highest BCUT2D eigenvalue weighted by molar-refractivity contribution is 5.80. The van der Waals surface area contributed by atoms with Gasteiger partial charge in [0.1, 0.15) is 5.54 Å². The van der Waals surface area contributed by atoms with E-state index in [1.807, 2.05) is 0 Å². The SMILES string of the molecule is COC(=O)C(C)(CCOc1cccc(F)c1F)NC1CC1. The van der Waals surface area contributed by atoms with Crippen LogP contribution in [0.25, 0.3) is 0 Å². The first-order valence-corrected chi connectivity index (χ1v) is 6.89. The van der Waals surface area contributed by atoms with Crippen molar-refractivity contribution in [1.82, 2.24) is 5.32 Å². The zero-order valence-corrected chi connectivity index (χ0v) is 12.1. The van der Waals surface area contributed by atoms with Gasteiger partial charge in [-0.05, 0) is 31.9 Å². The van der Waals surface area contributed by atoms with Crippen molar-refractivity contribution in [3.05, 3.63) is 29.8 Å². The molecule has 1 fully saturated rings. The molecule has 0 heterocycles. The molecule has 0 aliphatic heterocycles. The number of carbonyl (C=O) groups is 1. The van der Waals surface area contributed by atoms with Crippen LogP contribution in [0.3, 0.4) is 0 Å². The van der Waals surface area contributed by atoms with Crippen molar-refractivity contribution in [2.45, 2.75) is 37.8 Å². The molecule has 6 heteroatoms. The molecule has 1 aromatic carbocycles. The highest BCUT2D eigenvalue weighted by Gasteiger charge is 2.39. The summed E-state index contributed by atoms with van der Waals surface area (Å²) in [6.45, 7) is 1.80. The van der Waals surface area contributed by atoms with E-state index in [1.165, 1.54) is 19.2 Å². The summed E-state index contributed by atoms with van der Waals surface area (Å²) in [5.74, 6) is -2.53. The molecule has 1 aliphatic carbocycles. The summed E-state index contributed by atoms with van der Waals surface area (Å²) < 4.78 is 36.6. The van der Waals surface area contributed by atoms with Crippen molar-refractivity contribution in [2.24, 2.45) is 0 Å². The monoisotopic (exact) mass is 299 g/mol. The Hall–Kier alpha value is -1.69. The van der Waals surface area contributed by atoms with Crippen LogP contribution in [0, 0.1) is 11.6 Å². The van der Waals surface area contributed by atoms with E-state index in [1.54, 1.807) is 6.92 Å². The number of halogens is 2. The lowest BCUT2D eigenvalue weighted by Gasteiger charge is -2.28. The molecule has 0 radical (unpaired) electrons. The third kappa shape index (κ3) is 3.91. The molecule has 2 rings (SSSR count). The third-order valence-corrected chi connectivity index (χ3v) is 3.51. The quantitative estimate of drug-likeness (QED) is 0.786. The summed E-state index contributed by atoms with van der Waals surface area (Å²) in [5.41, 5.74) is -0.889. The van der Waals surface area contributed by atoms with Gasteiger partial charge in [-0.15, -0.1) is 0 Å². The van der Waals surface area contributed by atoms with Gasteiger partial charge in [-0.25, -0.2) is 4.39 Å². The van der Waals surface area contributed by atoms with Crippen LogP contribution in [0.4, 0.5) is 8.78 Å². The molecule has 21 heavy (non-hydrogen) atoms. The molecule has 4 nitrogen and oxygen atoms in total. The van der Waals surface area contributed by atoms with Crippen molar-refractivity contribution < 1.29 is 23.0 Å². The van der Waals surface area contributed by atoms with Crippen molar-refractivity contribution in [3.8, 4) is 5.75 Å². The second-order valence-electron chi connectivity index (χ2n) is 5.39. The van der Waals surface area contributed by atoms with Gasteiger partial charge in [0.25, 0.3) is 0 Å². The maximum absolute atomic E-state index is 13.5. The predicted molar refractivity (Wildman–Crippen MR) is 73.0 cm³/mol. The van der Waals surface area contributed by atoms with Crippen LogP contribution in [0.1, 0.15) is 26.2 Å². The van der Waals surface area contributed by atoms with Crippen LogP contribution in [0.15, 0.2) is 18.2 Å². The zero-order valence-electron chi connectivity index (χ0n) is 12.1. The molecule has 1 unspecified atom stereocenters. The first kappa shape index (κ1) is 15.7. The van der Waals surface area contributed by atoms with Crippen LogP contribution >= 0.6 is 0 Å². The fourth-order valence-corrected chi connectivity index (χ4v) is 2.10. The molecule has 0 amide bonds. The number of hydrogen-bond acceptors (Lipinski definition) is 4. The first-order chi connectivity index (χ1) is 9.96. The van der Waals surface area contributed by atoms with Crippen LogP contribution in [0.2, 0.25) is 0 Å². The fourth-order valence-electron chi connectivity index (χ4n) is 2.10. The maximum atomic E-state index is 13.5. The standard InChI is InChI=1S/C15H19F2NO3/c1-15(14(19)20-2,18-10-6-7-10)8-9-21-12-5-3-4-11(16)13(12)17/h3-5,10,18H,6-9H2,1-2H3. The number of nitrogens with one attached hydrogen (secondary N) is 1. The Labute approximate surface area is 122 Å². The average Bonchev–Trinajstić information content (AvgIpc) is 3.26. The lowest BCUT2D eigenvalue weighted by molar-refractivity contribution is -0.148. The van der Waals surface area contributed by atoms with Crippen molar-refractivity contribution in [2.75, 3.05) is 13.7 Å². The molecular formula is C15H19F2NO3. The molecule has 1 N–H and O–H groups in total. The minimum Gasteiger partial charge on any atom is -0.490 e. The lowest BCUT2D eigenvalue weighted by Crippen LogP contribution is -2.52. The van der Waals surface area contributed by atoms with Gasteiger partial charge in [0, 0.05) is 12.5 Å². The normalized spacial score (nSPS) is 17.1. The van der Waals surface area contributed by atoms with Gasteiger partial charge in [0.05, 0.1) is 13.7 Å². The maximum Gasteiger partial charge on any atom is 0.325 e. The van der Waals surface area contributed by atoms with Crippen molar-refractivity contribution >= 4 is 5.97 Å². The first-order valence-electron chi connectivity index (χ1n) is 6.89. The number of hydrogen-bond donors (Lipinski definition) is 1. The molecule has 1 aliphatic rings. The third-order valence-electron chi connectivity index (χ3n) is 3.51. The van der Waals surface area contributed by atoms with Gasteiger partial charge in [-0.3, -0.25) is 10.1 Å². The number of benzene rings is 1. The van der Waals surface area contributed by atoms with E-state index >= 15 is 0 Å². The Morgan fingerprint density at radius 1 is 1.43 bits per heavy atom. The molecule has 1 saturated carbocycles. The zero-order chi connectivity index (χ0) is 15.5. The largest absolute Gasteiger partial charge is 0.490 e. The van der Waals surface area contributed by atoms with Gasteiger partial charge < -0.3 is 9.47 Å². The van der Waals surface area contributed by atoms with Crippen LogP contribution in [-0.4, -0.2) is 31.3 Å². The Morgan fingerprint density at radius 2 is 2.14 bits per heavy atom. The Morgan fingerprint density at radius 3 is 2.76 bits per heavy atom. The number of ether oxygens (including phenoxy) is 2. The molecule has 1 atom stereocenters. The van der Waals surface area contributed by atoms with Gasteiger partial charge in [0.2, 0.25) is 5.82 Å². The van der Waals surface area contributed by atoms with Crippen molar-refractivity contribution in [1.29, 1.82) is 0 Å². The summed E-state index contributed by atoms with van der Waals surface area (Å²) in [6, 6.07) is 4.05. The molecule has 1 aromatic rings. The fraction of sp³-hybridized carbons (Fsp3) is 0.533. The smallest absolute Gasteiger partial charge is 0.325 e. The van der Waals surface area contributed by atoms with Crippen LogP contribution < -0.4 is 10.1 Å². The topological polar surface area (TPSA) is 47.6 Å². The second kappa shape index (κ2) is 6.39. The van der Waals surface area contributed by atoms with Gasteiger partial charge >= 0.3 is 5.97 Å². The van der Waals surface area contributed by atoms with E-state index in [-0.39, 0.29) is 12.4 Å². The highest BCUT2D eigenvalue weighted by atomic mass is 19.2. The molecule has 0 saturated heterocycles. The summed E-state index contributed by atoms with van der Waals surface area (Å²) in [6.07, 6.45) is 2.34. The van der Waals surface area contributed by atoms with Gasteiger partial charge in [-0.2, -0.15) is 4.39 Å². The van der Waals surface area contributed by atoms with E-state index < -0.39 is 23.1 Å². The van der Waals surface area contributed by atoms with Crippen LogP contribution in [0.5, 0.6) is 5.75 Å². The van der Waals surface area contributed by atoms with Crippen molar-refractivity contribution in [3.63, 3.8) is 0 Å². The van der Waals surface area contributed by atoms with Gasteiger partial charge in [-0.1, -0.05) is 6.07 Å². The minimum absolute atomic E-state index is 0.0751. The highest BCUT2D eigenvalue weighted by Crippen LogP contribution is 2.25. The van der Waals surface area contributed by atoms with Gasteiger partial charge in [0.15, 0.2) is 11.6 Å². The summed E-state index contributed by atoms with van der Waals surface area (Å²) in [7, 11) is 1.32. The summed E-state index contributed by atoms with van der Waals surface area (Å²) in [4.78, 5) is 11.9. The Kier molecular flexibility index (Phi) is 4.77. The van der Waals surface area contributed by atoms with E-state index in [0.717, 1.165) is 18.9 Å². The number of rotatable bonds is 7. The Balaban J connectivity index is 1.95. The van der Waals surface area contributed by atoms with Crippen LogP contribution in [-0.2, 0) is 9.53 Å².